The van der Waals surface area contributed by atoms with Crippen molar-refractivity contribution in [2.75, 3.05) is 44.4 Å². The van der Waals surface area contributed by atoms with Crippen LogP contribution in [0.2, 0.25) is 0 Å². The zero-order valence-corrected chi connectivity index (χ0v) is 34.1. The van der Waals surface area contributed by atoms with Gasteiger partial charge in [-0.3, -0.25) is 0 Å². The lowest BCUT2D eigenvalue weighted by Crippen LogP contribution is -2.28. The fourth-order valence-electron chi connectivity index (χ4n) is 6.97. The van der Waals surface area contributed by atoms with E-state index < -0.39 is 62.9 Å². The summed E-state index contributed by atoms with van der Waals surface area (Å²) in [5.41, 5.74) is -3.16. The summed E-state index contributed by atoms with van der Waals surface area (Å²) in [4.78, 5) is 6.51. The highest BCUT2D eigenvalue weighted by Crippen LogP contribution is 2.51. The van der Waals surface area contributed by atoms with Crippen LogP contribution in [0.3, 0.4) is 0 Å². The van der Waals surface area contributed by atoms with Crippen molar-refractivity contribution >= 4 is 35.3 Å². The maximum Gasteiger partial charge on any atom is 0.237 e. The molecule has 0 bridgehead atoms. The van der Waals surface area contributed by atoms with Gasteiger partial charge in [0.15, 0.2) is 51.7 Å². The van der Waals surface area contributed by atoms with Gasteiger partial charge in [0.1, 0.15) is 37.7 Å². The van der Waals surface area contributed by atoms with Crippen molar-refractivity contribution in [3.63, 3.8) is 0 Å². The van der Waals surface area contributed by atoms with E-state index >= 15 is 8.78 Å². The number of fused-ring (bicyclic) bond motifs is 1. The number of hydrogen-bond donors (Lipinski definition) is 2. The molecule has 0 aliphatic carbocycles. The molecule has 62 heavy (non-hydrogen) atoms. The largest absolute Gasteiger partial charge is 0.488 e. The lowest BCUT2D eigenvalue weighted by Gasteiger charge is -2.29. The molecule has 2 aliphatic heterocycles. The van der Waals surface area contributed by atoms with E-state index in [0.29, 0.717) is 52.7 Å². The predicted molar refractivity (Wildman–Crippen MR) is 222 cm³/mol. The number of halogens is 5. The second kappa shape index (κ2) is 20.3. The van der Waals surface area contributed by atoms with Crippen LogP contribution in [0.4, 0.5) is 27.6 Å². The van der Waals surface area contributed by atoms with Gasteiger partial charge in [-0.15, -0.1) is 11.3 Å². The molecular weight excluding hydrogens is 832 g/mol. The molecule has 3 aromatic carbocycles. The molecule has 2 N–H and O–H groups in total. The maximum atomic E-state index is 15.4. The van der Waals surface area contributed by atoms with Crippen LogP contribution < -0.4 is 19.1 Å². The Kier molecular flexibility index (Phi) is 14.7. The zero-order chi connectivity index (χ0) is 44.4. The minimum Gasteiger partial charge on any atom is -0.488 e. The zero-order valence-electron chi connectivity index (χ0n) is 33.3. The van der Waals surface area contributed by atoms with Crippen LogP contribution in [0.15, 0.2) is 77.2 Å². The van der Waals surface area contributed by atoms with Crippen molar-refractivity contribution in [3.05, 3.63) is 144 Å². The SMILES string of the molecule is [C-]#[N+]C1=C(/C=C/c2sc(/C=C/c3ccc(N(CCCCO)CCCCO)cc3OCc3ccccc3)c3c2OCCO3)C(C)(c2c(F)c(F)c(F)c(F)c2F)OC1=C(C#N)C#N. The van der Waals surface area contributed by atoms with Crippen molar-refractivity contribution in [2.24, 2.45) is 0 Å². The second-order valence-electron chi connectivity index (χ2n) is 14.1. The van der Waals surface area contributed by atoms with Crippen molar-refractivity contribution < 1.29 is 51.1 Å². The predicted octanol–water partition coefficient (Wildman–Crippen LogP) is 9.75. The standard InChI is InChI=1S/C46H39F5N4O6S/c1-46(36-37(47)39(49)41(51)40(50)38(36)48)32(42(54-2)43(61-46)30(25-52)26-53)15-17-35-45-44(58-22-23-59-45)34(62-35)16-13-29-12-14-31(55(18-6-8-20-56)19-7-9-21-57)24-33(29)60-27-28-10-4-3-5-11-28/h3-5,10-17,24,56-57H,6-9,18-23,27H2,1H3/b16-13+,17-15+. The molecule has 1 unspecified atom stereocenters. The lowest BCUT2D eigenvalue weighted by molar-refractivity contribution is 0.0659. The van der Waals surface area contributed by atoms with Crippen LogP contribution in [-0.4, -0.2) is 49.7 Å². The number of unbranched alkanes of at least 4 members (excludes halogenated alkanes) is 2. The second-order valence-corrected chi connectivity index (χ2v) is 15.2. The minimum atomic E-state index is -2.58. The van der Waals surface area contributed by atoms with Crippen LogP contribution in [0.1, 0.15) is 59.1 Å². The summed E-state index contributed by atoms with van der Waals surface area (Å²) in [5.74, 6) is -10.8. The topological polar surface area (TPSA) is 133 Å². The molecule has 0 saturated heterocycles. The normalized spacial score (nSPS) is 15.7. The molecule has 0 spiro atoms. The monoisotopic (exact) mass is 870 g/mol. The number of hydrogen-bond acceptors (Lipinski definition) is 10. The van der Waals surface area contributed by atoms with E-state index in [9.17, 15) is 33.9 Å². The van der Waals surface area contributed by atoms with Crippen LogP contribution in [0.25, 0.3) is 23.1 Å². The van der Waals surface area contributed by atoms with Gasteiger partial charge in [0.25, 0.3) is 0 Å². The first-order chi connectivity index (χ1) is 30.0. The minimum absolute atomic E-state index is 0.0776. The number of anilines is 1. The van der Waals surface area contributed by atoms with Gasteiger partial charge in [0.05, 0.1) is 21.9 Å². The molecule has 0 fully saturated rings. The van der Waals surface area contributed by atoms with Crippen molar-refractivity contribution in [1.29, 1.82) is 10.5 Å². The van der Waals surface area contributed by atoms with E-state index in [1.54, 1.807) is 18.2 Å². The highest BCUT2D eigenvalue weighted by molar-refractivity contribution is 7.14. The summed E-state index contributed by atoms with van der Waals surface area (Å²) in [7, 11) is 0. The van der Waals surface area contributed by atoms with Gasteiger partial charge < -0.3 is 34.1 Å². The molecule has 6 rings (SSSR count). The molecule has 1 aromatic heterocycles. The molecular formula is C46H39F5N4O6S. The fraction of sp³-hybridized carbons (Fsp3) is 0.283. The van der Waals surface area contributed by atoms with Crippen LogP contribution in [-0.2, 0) is 16.9 Å². The maximum absolute atomic E-state index is 15.4. The number of allylic oxidation sites excluding steroid dienone is 1. The molecule has 10 nitrogen and oxygen atoms in total. The molecule has 320 valence electrons. The first-order valence-corrected chi connectivity index (χ1v) is 20.3. The molecule has 0 amide bonds. The number of benzene rings is 3. The van der Waals surface area contributed by atoms with Gasteiger partial charge in [-0.05, 0) is 68.5 Å². The Labute approximate surface area is 358 Å². The molecule has 16 heteroatoms. The Morgan fingerprint density at radius 3 is 1.98 bits per heavy atom. The average Bonchev–Trinajstić information content (AvgIpc) is 3.79. The number of nitriles is 2. The van der Waals surface area contributed by atoms with Gasteiger partial charge in [0, 0.05) is 49.2 Å². The molecule has 3 heterocycles. The Morgan fingerprint density at radius 2 is 1.42 bits per heavy atom. The van der Waals surface area contributed by atoms with Gasteiger partial charge in [0.2, 0.25) is 11.5 Å². The fourth-order valence-corrected chi connectivity index (χ4v) is 7.96. The molecule has 4 aromatic rings. The Balaban J connectivity index is 1.42. The Morgan fingerprint density at radius 1 is 0.839 bits per heavy atom. The van der Waals surface area contributed by atoms with Crippen molar-refractivity contribution in [3.8, 4) is 29.4 Å². The first-order valence-electron chi connectivity index (χ1n) is 19.4. The van der Waals surface area contributed by atoms with Crippen molar-refractivity contribution in [1.82, 2.24) is 0 Å². The molecule has 2 aliphatic rings. The summed E-state index contributed by atoms with van der Waals surface area (Å²) < 4.78 is 98.3. The summed E-state index contributed by atoms with van der Waals surface area (Å²) in [5, 5.41) is 38.1. The van der Waals surface area contributed by atoms with Crippen LogP contribution >= 0.6 is 11.3 Å². The van der Waals surface area contributed by atoms with E-state index in [-0.39, 0.29) is 38.8 Å². The van der Waals surface area contributed by atoms with Crippen molar-refractivity contribution in [2.45, 2.75) is 44.8 Å². The number of aliphatic hydroxyl groups is 2. The first kappa shape index (κ1) is 44.9. The summed E-state index contributed by atoms with van der Waals surface area (Å²) in [6.45, 7) is 11.0. The molecule has 1 atom stereocenters. The van der Waals surface area contributed by atoms with E-state index in [0.717, 1.165) is 31.0 Å². The summed E-state index contributed by atoms with van der Waals surface area (Å²) >= 11 is 1.17. The van der Waals surface area contributed by atoms with Crippen LogP contribution in [0, 0.1) is 58.3 Å². The van der Waals surface area contributed by atoms with Gasteiger partial charge >= 0.3 is 0 Å². The van der Waals surface area contributed by atoms with Gasteiger partial charge in [-0.1, -0.05) is 36.4 Å². The lowest BCUT2D eigenvalue weighted by atomic mass is 9.86. The highest BCUT2D eigenvalue weighted by atomic mass is 32.1. The third-order valence-corrected chi connectivity index (χ3v) is 11.2. The van der Waals surface area contributed by atoms with Gasteiger partial charge in [-0.25, -0.2) is 26.8 Å². The summed E-state index contributed by atoms with van der Waals surface area (Å²) in [6, 6.07) is 18.6. The number of rotatable bonds is 17. The molecule has 0 saturated carbocycles. The number of thiophene rings is 1. The number of nitrogens with zero attached hydrogens (tertiary/aromatic N) is 4. The third-order valence-electron chi connectivity index (χ3n) is 10.1. The number of ether oxygens (including phenoxy) is 4. The average molecular weight is 871 g/mol. The Hall–Kier alpha value is -6.64. The molecule has 0 radical (unpaired) electrons. The van der Waals surface area contributed by atoms with Crippen LogP contribution in [0.5, 0.6) is 17.2 Å². The quantitative estimate of drug-likeness (QED) is 0.0266. The van der Waals surface area contributed by atoms with E-state index in [4.69, 9.17) is 25.5 Å². The number of aliphatic hydroxyl groups excluding tert-OH is 2. The van der Waals surface area contributed by atoms with E-state index in [2.05, 4.69) is 9.74 Å². The van der Waals surface area contributed by atoms with E-state index in [1.165, 1.54) is 23.5 Å². The summed E-state index contributed by atoms with van der Waals surface area (Å²) in [6.07, 6.45) is 9.00. The highest BCUT2D eigenvalue weighted by Gasteiger charge is 2.49. The smallest absolute Gasteiger partial charge is 0.237 e. The van der Waals surface area contributed by atoms with E-state index in [1.807, 2.05) is 54.6 Å². The van der Waals surface area contributed by atoms with Gasteiger partial charge in [-0.2, -0.15) is 10.5 Å². The third kappa shape index (κ3) is 9.31. The Bertz CT molecular complexity index is 2520.